The van der Waals surface area contributed by atoms with E-state index in [0.29, 0.717) is 6.42 Å². The Morgan fingerprint density at radius 1 is 1.37 bits per heavy atom. The summed E-state index contributed by atoms with van der Waals surface area (Å²) < 4.78 is 7.16. The first-order valence-electron chi connectivity index (χ1n) is 7.20. The highest BCUT2D eigenvalue weighted by Crippen LogP contribution is 2.42. The van der Waals surface area contributed by atoms with Gasteiger partial charge in [-0.05, 0) is 31.9 Å². The number of halogens is 1. The number of hydrogen-bond acceptors (Lipinski definition) is 2. The second-order valence-corrected chi connectivity index (χ2v) is 6.68. The van der Waals surface area contributed by atoms with Crippen LogP contribution in [0.15, 0.2) is 22.7 Å². The van der Waals surface area contributed by atoms with E-state index in [9.17, 15) is 5.11 Å². The van der Waals surface area contributed by atoms with Crippen molar-refractivity contribution < 1.29 is 9.84 Å². The van der Waals surface area contributed by atoms with Gasteiger partial charge in [0.15, 0.2) is 0 Å². The van der Waals surface area contributed by atoms with Crippen LogP contribution in [-0.4, -0.2) is 10.7 Å². The van der Waals surface area contributed by atoms with E-state index in [1.54, 1.807) is 0 Å². The Hall–Kier alpha value is -0.540. The van der Waals surface area contributed by atoms with Gasteiger partial charge < -0.3 is 9.84 Å². The first-order valence-corrected chi connectivity index (χ1v) is 8.00. The highest BCUT2D eigenvalue weighted by atomic mass is 79.9. The molecule has 0 aliphatic carbocycles. The van der Waals surface area contributed by atoms with Gasteiger partial charge >= 0.3 is 0 Å². The Bertz CT molecular complexity index is 433. The third-order valence-electron chi connectivity index (χ3n) is 3.88. The maximum Gasteiger partial charge on any atom is 0.127 e. The van der Waals surface area contributed by atoms with E-state index < -0.39 is 6.10 Å². The molecule has 2 nitrogen and oxygen atoms in total. The Morgan fingerprint density at radius 2 is 2.16 bits per heavy atom. The summed E-state index contributed by atoms with van der Waals surface area (Å²) >= 11 is 3.46. The molecule has 1 aromatic rings. The minimum atomic E-state index is -0.409. The third-order valence-corrected chi connectivity index (χ3v) is 4.37. The van der Waals surface area contributed by atoms with E-state index in [1.165, 1.54) is 25.7 Å². The van der Waals surface area contributed by atoms with Crippen molar-refractivity contribution in [3.63, 3.8) is 0 Å². The molecule has 0 spiro atoms. The molecule has 0 saturated carbocycles. The fourth-order valence-corrected chi connectivity index (χ4v) is 3.12. The van der Waals surface area contributed by atoms with Gasteiger partial charge in [-0.1, -0.05) is 48.2 Å². The van der Waals surface area contributed by atoms with Gasteiger partial charge in [-0.2, -0.15) is 0 Å². The SMILES string of the molecule is CCCCCCC1(C)C[C@H](O)c2ccc(Br)cc2O1. The summed E-state index contributed by atoms with van der Waals surface area (Å²) in [7, 11) is 0. The Morgan fingerprint density at radius 3 is 2.89 bits per heavy atom. The van der Waals surface area contributed by atoms with Gasteiger partial charge in [0.2, 0.25) is 0 Å². The predicted octanol–water partition coefficient (Wildman–Crippen LogP) is 4.99. The van der Waals surface area contributed by atoms with E-state index in [0.717, 1.165) is 22.2 Å². The minimum absolute atomic E-state index is 0.235. The second kappa shape index (κ2) is 6.27. The smallest absolute Gasteiger partial charge is 0.127 e. The average molecular weight is 327 g/mol. The lowest BCUT2D eigenvalue weighted by Gasteiger charge is -2.38. The van der Waals surface area contributed by atoms with Crippen LogP contribution in [0.3, 0.4) is 0 Å². The fraction of sp³-hybridized carbons (Fsp3) is 0.625. The quantitative estimate of drug-likeness (QED) is 0.772. The number of rotatable bonds is 5. The molecule has 1 aliphatic heterocycles. The average Bonchev–Trinajstić information content (AvgIpc) is 2.34. The highest BCUT2D eigenvalue weighted by Gasteiger charge is 2.36. The summed E-state index contributed by atoms with van der Waals surface area (Å²) in [5, 5.41) is 10.3. The van der Waals surface area contributed by atoms with E-state index in [1.807, 2.05) is 18.2 Å². The van der Waals surface area contributed by atoms with Crippen LogP contribution < -0.4 is 4.74 Å². The normalized spacial score (nSPS) is 25.8. The molecule has 19 heavy (non-hydrogen) atoms. The first-order chi connectivity index (χ1) is 9.04. The zero-order chi connectivity index (χ0) is 13.9. The lowest BCUT2D eigenvalue weighted by molar-refractivity contribution is -0.00854. The van der Waals surface area contributed by atoms with Crippen LogP contribution in [0.4, 0.5) is 0 Å². The van der Waals surface area contributed by atoms with E-state index >= 15 is 0 Å². The van der Waals surface area contributed by atoms with Gasteiger partial charge in [-0.3, -0.25) is 0 Å². The molecular weight excluding hydrogens is 304 g/mol. The standard InChI is InChI=1S/C16H23BrO2/c1-3-4-5-6-9-16(2)11-14(18)13-8-7-12(17)10-15(13)19-16/h7-8,10,14,18H,3-6,9,11H2,1-2H3/t14-,16?/m0/s1. The Balaban J connectivity index is 2.05. The molecule has 1 aromatic carbocycles. The van der Waals surface area contributed by atoms with E-state index in [-0.39, 0.29) is 5.60 Å². The lowest BCUT2D eigenvalue weighted by Crippen LogP contribution is -2.38. The number of benzene rings is 1. The van der Waals surface area contributed by atoms with Crippen LogP contribution in [0.2, 0.25) is 0 Å². The van der Waals surface area contributed by atoms with Gasteiger partial charge in [-0.25, -0.2) is 0 Å². The van der Waals surface area contributed by atoms with Crippen molar-refractivity contribution in [3.05, 3.63) is 28.2 Å². The molecule has 106 valence electrons. The van der Waals surface area contributed by atoms with E-state index in [2.05, 4.69) is 29.8 Å². The molecular formula is C16H23BrO2. The molecule has 1 heterocycles. The van der Waals surface area contributed by atoms with Crippen molar-refractivity contribution in [2.24, 2.45) is 0 Å². The molecule has 0 bridgehead atoms. The summed E-state index contributed by atoms with van der Waals surface area (Å²) in [6, 6.07) is 5.86. The highest BCUT2D eigenvalue weighted by molar-refractivity contribution is 9.10. The number of hydrogen-bond donors (Lipinski definition) is 1. The Kier molecular flexibility index (Phi) is 4.91. The summed E-state index contributed by atoms with van der Waals surface area (Å²) in [5.41, 5.74) is 0.676. The Labute approximate surface area is 124 Å². The molecule has 0 saturated heterocycles. The molecule has 1 unspecified atom stereocenters. The predicted molar refractivity (Wildman–Crippen MR) is 81.5 cm³/mol. The molecule has 0 radical (unpaired) electrons. The number of aliphatic hydroxyl groups is 1. The zero-order valence-corrected chi connectivity index (χ0v) is 13.4. The van der Waals surface area contributed by atoms with Gasteiger partial charge in [0.1, 0.15) is 11.4 Å². The van der Waals surface area contributed by atoms with Crippen molar-refractivity contribution in [2.75, 3.05) is 0 Å². The molecule has 3 heteroatoms. The first kappa shape index (κ1) is 14.9. The van der Waals surface area contributed by atoms with Gasteiger partial charge in [0, 0.05) is 16.5 Å². The van der Waals surface area contributed by atoms with Crippen LogP contribution in [-0.2, 0) is 0 Å². The summed E-state index contributed by atoms with van der Waals surface area (Å²) in [5.74, 6) is 0.825. The second-order valence-electron chi connectivity index (χ2n) is 5.76. The van der Waals surface area contributed by atoms with Crippen LogP contribution >= 0.6 is 15.9 Å². The largest absolute Gasteiger partial charge is 0.487 e. The number of fused-ring (bicyclic) bond motifs is 1. The maximum absolute atomic E-state index is 10.3. The summed E-state index contributed by atoms with van der Waals surface area (Å²) in [4.78, 5) is 0. The van der Waals surface area contributed by atoms with Crippen molar-refractivity contribution >= 4 is 15.9 Å². The van der Waals surface area contributed by atoms with Crippen molar-refractivity contribution in [1.82, 2.24) is 0 Å². The zero-order valence-electron chi connectivity index (χ0n) is 11.8. The van der Waals surface area contributed by atoms with Crippen molar-refractivity contribution in [3.8, 4) is 5.75 Å². The van der Waals surface area contributed by atoms with Crippen molar-refractivity contribution in [1.29, 1.82) is 0 Å². The van der Waals surface area contributed by atoms with Gasteiger partial charge in [-0.15, -0.1) is 0 Å². The molecule has 0 fully saturated rings. The van der Waals surface area contributed by atoms with Crippen molar-refractivity contribution in [2.45, 2.75) is 64.1 Å². The lowest BCUT2D eigenvalue weighted by atomic mass is 9.86. The van der Waals surface area contributed by atoms with Crippen LogP contribution in [0.25, 0.3) is 0 Å². The summed E-state index contributed by atoms with van der Waals surface area (Å²) in [6.07, 6.45) is 6.23. The van der Waals surface area contributed by atoms with Crippen LogP contribution in [0, 0.1) is 0 Å². The topological polar surface area (TPSA) is 29.5 Å². The number of aliphatic hydroxyl groups excluding tert-OH is 1. The van der Waals surface area contributed by atoms with Crippen LogP contribution in [0.1, 0.15) is 64.0 Å². The molecule has 0 aromatic heterocycles. The number of ether oxygens (including phenoxy) is 1. The summed E-state index contributed by atoms with van der Waals surface area (Å²) in [6.45, 7) is 4.34. The van der Waals surface area contributed by atoms with Crippen LogP contribution in [0.5, 0.6) is 5.75 Å². The minimum Gasteiger partial charge on any atom is -0.487 e. The molecule has 1 aliphatic rings. The third kappa shape index (κ3) is 3.73. The fourth-order valence-electron chi connectivity index (χ4n) is 2.78. The van der Waals surface area contributed by atoms with Gasteiger partial charge in [0.05, 0.1) is 6.10 Å². The molecule has 2 atom stereocenters. The molecule has 0 amide bonds. The number of unbranched alkanes of at least 4 members (excludes halogenated alkanes) is 3. The van der Waals surface area contributed by atoms with E-state index in [4.69, 9.17) is 4.74 Å². The monoisotopic (exact) mass is 326 g/mol. The van der Waals surface area contributed by atoms with Gasteiger partial charge in [0.25, 0.3) is 0 Å². The molecule has 2 rings (SSSR count). The molecule has 1 N–H and O–H groups in total. The maximum atomic E-state index is 10.3.